The van der Waals surface area contributed by atoms with E-state index in [1.807, 2.05) is 28.9 Å². The van der Waals surface area contributed by atoms with Gasteiger partial charge in [-0.2, -0.15) is 9.67 Å². The first kappa shape index (κ1) is 16.1. The van der Waals surface area contributed by atoms with Crippen molar-refractivity contribution < 1.29 is 4.79 Å². The normalized spacial score (nSPS) is 23.8. The third-order valence-corrected chi connectivity index (χ3v) is 5.65. The highest BCUT2D eigenvalue weighted by Crippen LogP contribution is 2.30. The van der Waals surface area contributed by atoms with E-state index in [0.29, 0.717) is 23.5 Å². The zero-order valence-electron chi connectivity index (χ0n) is 14.2. The number of primary amides is 1. The van der Waals surface area contributed by atoms with Crippen molar-refractivity contribution in [1.29, 1.82) is 0 Å². The molecule has 5 rings (SSSR count). The smallest absolute Gasteiger partial charge is 0.225 e. The Hall–Kier alpha value is -3.08. The summed E-state index contributed by atoms with van der Waals surface area (Å²) < 4.78 is 6.81. The minimum atomic E-state index is -0.239. The third kappa shape index (κ3) is 2.89. The van der Waals surface area contributed by atoms with Crippen LogP contribution in [0.5, 0.6) is 0 Å². The van der Waals surface area contributed by atoms with Gasteiger partial charge in [-0.3, -0.25) is 9.10 Å². The number of hydrogen-bond acceptors (Lipinski definition) is 9. The molecule has 1 fully saturated rings. The highest BCUT2D eigenvalue weighted by atomic mass is 32.2. The lowest BCUT2D eigenvalue weighted by atomic mass is 10.1. The highest BCUT2D eigenvalue weighted by Gasteiger charge is 2.29. The summed E-state index contributed by atoms with van der Waals surface area (Å²) in [6, 6.07) is 0.137. The third-order valence-electron chi connectivity index (χ3n) is 4.89. The van der Waals surface area contributed by atoms with Gasteiger partial charge in [-0.1, -0.05) is 5.21 Å². The first-order valence-electron chi connectivity index (χ1n) is 8.64. The van der Waals surface area contributed by atoms with Crippen molar-refractivity contribution in [2.24, 2.45) is 11.7 Å². The molecule has 1 saturated carbocycles. The fourth-order valence-electron chi connectivity index (χ4n) is 3.48. The maximum atomic E-state index is 11.4. The predicted octanol–water partition coefficient (Wildman–Crippen LogP) is 0.965. The molecule has 0 saturated heterocycles. The molecule has 138 valence electrons. The lowest BCUT2D eigenvalue weighted by Crippen LogP contribution is -2.23. The number of carbonyl (C=O) groups excluding carboxylic acids is 1. The van der Waals surface area contributed by atoms with E-state index in [1.54, 1.807) is 10.9 Å². The molecule has 3 aliphatic rings. The molecule has 4 heterocycles. The Morgan fingerprint density at radius 2 is 2.30 bits per heavy atom. The number of rotatable bonds is 4. The number of fused-ring (bicyclic) bond motifs is 2. The van der Waals surface area contributed by atoms with Crippen LogP contribution in [0, 0.1) is 5.92 Å². The van der Waals surface area contributed by atoms with Crippen LogP contribution in [0.4, 0.5) is 5.95 Å². The van der Waals surface area contributed by atoms with Gasteiger partial charge in [0.1, 0.15) is 0 Å². The van der Waals surface area contributed by atoms with Crippen molar-refractivity contribution in [2.75, 3.05) is 5.32 Å². The standard InChI is InChI=1S/C16H17N9OS/c17-14(26)9-1-2-10(5-9)20-16-18-8-13-15(21-16)25(23-22-13)11-3-4-24-12(6-11)7-19-27-24/h3-4,6-10,19H,1-2,5H2,(H2,17,26)(H,18,20,21)/t9-,10+/m0/s1. The molecule has 0 spiro atoms. The van der Waals surface area contributed by atoms with Gasteiger partial charge in [0.2, 0.25) is 11.9 Å². The number of hydrogen-bond donors (Lipinski definition) is 3. The average Bonchev–Trinajstić information content (AvgIpc) is 3.40. The van der Waals surface area contributed by atoms with Crippen LogP contribution in [-0.2, 0) is 4.79 Å². The molecular formula is C16H17N9OS. The maximum absolute atomic E-state index is 11.4. The quantitative estimate of drug-likeness (QED) is 0.662. The van der Waals surface area contributed by atoms with E-state index in [9.17, 15) is 4.79 Å². The van der Waals surface area contributed by atoms with Crippen molar-refractivity contribution in [3.63, 3.8) is 0 Å². The van der Waals surface area contributed by atoms with Crippen molar-refractivity contribution >= 4 is 40.9 Å². The second-order valence-corrected chi connectivity index (χ2v) is 7.46. The molecule has 11 heteroatoms. The molecule has 1 aliphatic carbocycles. The first-order valence-corrected chi connectivity index (χ1v) is 9.41. The van der Waals surface area contributed by atoms with Gasteiger partial charge in [-0.15, -0.1) is 5.10 Å². The lowest BCUT2D eigenvalue weighted by Gasteiger charge is -2.17. The molecule has 2 aromatic rings. The Bertz CT molecular complexity index is 1010. The van der Waals surface area contributed by atoms with Crippen molar-refractivity contribution in [3.05, 3.63) is 36.4 Å². The molecule has 10 nitrogen and oxygen atoms in total. The van der Waals surface area contributed by atoms with E-state index >= 15 is 0 Å². The fraction of sp³-hybridized carbons (Fsp3) is 0.312. The number of nitrogens with zero attached hydrogens (tertiary/aromatic N) is 6. The van der Waals surface area contributed by atoms with Gasteiger partial charge in [-0.25, -0.2) is 4.98 Å². The minimum absolute atomic E-state index is 0.0786. The van der Waals surface area contributed by atoms with Crippen LogP contribution in [0.25, 0.3) is 16.9 Å². The summed E-state index contributed by atoms with van der Waals surface area (Å²) in [4.78, 5) is 20.3. The number of amides is 1. The number of aromatic nitrogens is 5. The molecule has 0 unspecified atom stereocenters. The molecule has 2 aromatic heterocycles. The maximum Gasteiger partial charge on any atom is 0.225 e. The molecular weight excluding hydrogens is 366 g/mol. The Balaban J connectivity index is 1.42. The second kappa shape index (κ2) is 6.27. The second-order valence-electron chi connectivity index (χ2n) is 6.65. The van der Waals surface area contributed by atoms with Gasteiger partial charge >= 0.3 is 0 Å². The summed E-state index contributed by atoms with van der Waals surface area (Å²) in [5.74, 6) is 0.183. The molecule has 0 bridgehead atoms. The SMILES string of the molecule is NC(=O)[C@H]1CC[C@@H](Nc2ncc3nnn(C4=CC5=CNSN5C=C4)c3n2)C1. The predicted molar refractivity (Wildman–Crippen MR) is 101 cm³/mol. The lowest BCUT2D eigenvalue weighted by molar-refractivity contribution is -0.121. The first-order chi connectivity index (χ1) is 13.2. The van der Waals surface area contributed by atoms with Crippen LogP contribution in [0.15, 0.2) is 36.4 Å². The Kier molecular flexibility index (Phi) is 3.74. The average molecular weight is 383 g/mol. The van der Waals surface area contributed by atoms with Crippen LogP contribution in [0.3, 0.4) is 0 Å². The van der Waals surface area contributed by atoms with Gasteiger partial charge in [0.05, 0.1) is 29.7 Å². The Labute approximate surface area is 158 Å². The number of allylic oxidation sites excluding steroid dienone is 3. The number of anilines is 1. The van der Waals surface area contributed by atoms with Gasteiger partial charge in [0.15, 0.2) is 11.2 Å². The monoisotopic (exact) mass is 383 g/mol. The van der Waals surface area contributed by atoms with Crippen LogP contribution in [0.1, 0.15) is 19.3 Å². The molecule has 1 amide bonds. The number of nitrogens with two attached hydrogens (primary N) is 1. The topological polar surface area (TPSA) is 127 Å². The van der Waals surface area contributed by atoms with E-state index in [-0.39, 0.29) is 17.9 Å². The zero-order valence-corrected chi connectivity index (χ0v) is 15.1. The molecule has 4 N–H and O–H groups in total. The van der Waals surface area contributed by atoms with Crippen molar-refractivity contribution in [2.45, 2.75) is 25.3 Å². The van der Waals surface area contributed by atoms with Crippen LogP contribution >= 0.6 is 12.1 Å². The summed E-state index contributed by atoms with van der Waals surface area (Å²) in [6.07, 6.45) is 11.9. The molecule has 2 atom stereocenters. The van der Waals surface area contributed by atoms with E-state index in [0.717, 1.165) is 24.2 Å². The number of carbonyl (C=O) groups is 1. The van der Waals surface area contributed by atoms with Gasteiger partial charge in [0.25, 0.3) is 0 Å². The van der Waals surface area contributed by atoms with Crippen LogP contribution in [0.2, 0.25) is 0 Å². The zero-order chi connectivity index (χ0) is 18.4. The molecule has 27 heavy (non-hydrogen) atoms. The summed E-state index contributed by atoms with van der Waals surface area (Å²) >= 11 is 1.50. The molecule has 2 aliphatic heterocycles. The van der Waals surface area contributed by atoms with Gasteiger partial charge < -0.3 is 15.8 Å². The van der Waals surface area contributed by atoms with E-state index < -0.39 is 0 Å². The minimum Gasteiger partial charge on any atom is -0.369 e. The fourth-order valence-corrected chi connectivity index (χ4v) is 4.10. The summed E-state index contributed by atoms with van der Waals surface area (Å²) in [5.41, 5.74) is 8.54. The Morgan fingerprint density at radius 3 is 3.15 bits per heavy atom. The summed E-state index contributed by atoms with van der Waals surface area (Å²) in [6.45, 7) is 0. The van der Waals surface area contributed by atoms with Gasteiger partial charge in [0, 0.05) is 24.4 Å². The van der Waals surface area contributed by atoms with E-state index in [1.165, 1.54) is 12.1 Å². The molecule has 0 aromatic carbocycles. The summed E-state index contributed by atoms with van der Waals surface area (Å²) in [5, 5.41) is 11.7. The largest absolute Gasteiger partial charge is 0.369 e. The van der Waals surface area contributed by atoms with Crippen molar-refractivity contribution in [3.8, 4) is 0 Å². The van der Waals surface area contributed by atoms with Gasteiger partial charge in [-0.05, 0) is 31.4 Å². The summed E-state index contributed by atoms with van der Waals surface area (Å²) in [7, 11) is 0. The van der Waals surface area contributed by atoms with Crippen molar-refractivity contribution in [1.82, 2.24) is 34.0 Å². The van der Waals surface area contributed by atoms with Crippen LogP contribution < -0.4 is 15.8 Å². The van der Waals surface area contributed by atoms with E-state index in [4.69, 9.17) is 5.73 Å². The van der Waals surface area contributed by atoms with Crippen LogP contribution in [-0.4, -0.2) is 41.2 Å². The molecule has 0 radical (unpaired) electrons. The highest BCUT2D eigenvalue weighted by molar-refractivity contribution is 7.95. The van der Waals surface area contributed by atoms with E-state index in [2.05, 4.69) is 30.3 Å². The number of nitrogens with one attached hydrogen (secondary N) is 2. The Morgan fingerprint density at radius 1 is 1.37 bits per heavy atom.